The average molecular weight is 297 g/mol. The van der Waals surface area contributed by atoms with Crippen LogP contribution in [0.15, 0.2) is 30.0 Å². The van der Waals surface area contributed by atoms with Gasteiger partial charge < -0.3 is 19.9 Å². The topological polar surface area (TPSA) is 67.8 Å². The third-order valence-corrected chi connectivity index (χ3v) is 2.67. The van der Waals surface area contributed by atoms with E-state index in [-0.39, 0.29) is 24.6 Å². The lowest BCUT2D eigenvalue weighted by Gasteiger charge is -2.14. The molecule has 1 rings (SSSR count). The van der Waals surface area contributed by atoms with Crippen LogP contribution >= 0.6 is 0 Å². The zero-order valence-electron chi connectivity index (χ0n) is 12.4. The second-order valence-corrected chi connectivity index (χ2v) is 4.23. The Morgan fingerprint density at radius 2 is 2.14 bits per heavy atom. The van der Waals surface area contributed by atoms with Crippen LogP contribution in [-0.4, -0.2) is 30.6 Å². The Labute approximate surface area is 123 Å². The number of anilines is 1. The van der Waals surface area contributed by atoms with E-state index in [9.17, 15) is 14.3 Å². The van der Waals surface area contributed by atoms with Gasteiger partial charge in [0.1, 0.15) is 11.4 Å². The number of esters is 1. The van der Waals surface area contributed by atoms with Crippen LogP contribution in [0.2, 0.25) is 0 Å². The summed E-state index contributed by atoms with van der Waals surface area (Å²) in [5.41, 5.74) is 1.23. The van der Waals surface area contributed by atoms with Crippen molar-refractivity contribution in [2.24, 2.45) is 0 Å². The van der Waals surface area contributed by atoms with Crippen molar-refractivity contribution in [1.29, 1.82) is 0 Å². The van der Waals surface area contributed by atoms with Crippen LogP contribution < -0.4 is 5.32 Å². The summed E-state index contributed by atoms with van der Waals surface area (Å²) in [5, 5.41) is 12.7. The van der Waals surface area contributed by atoms with E-state index in [2.05, 4.69) is 5.32 Å². The summed E-state index contributed by atoms with van der Waals surface area (Å²) in [6.45, 7) is 5.52. The number of carbonyl (C=O) groups is 1. The van der Waals surface area contributed by atoms with Crippen molar-refractivity contribution in [3.05, 3.63) is 41.4 Å². The van der Waals surface area contributed by atoms with Gasteiger partial charge in [0, 0.05) is 18.5 Å². The number of hydrogen-bond donors (Lipinski definition) is 2. The van der Waals surface area contributed by atoms with Crippen LogP contribution in [-0.2, 0) is 14.3 Å². The molecular weight excluding hydrogens is 277 g/mol. The molecule has 0 heterocycles. The number of rotatable bonds is 7. The highest BCUT2D eigenvalue weighted by molar-refractivity contribution is 5.89. The number of aryl methyl sites for hydroxylation is 1. The van der Waals surface area contributed by atoms with Gasteiger partial charge >= 0.3 is 5.97 Å². The summed E-state index contributed by atoms with van der Waals surface area (Å²) in [6.07, 6.45) is -0.0826. The summed E-state index contributed by atoms with van der Waals surface area (Å²) in [4.78, 5) is 11.8. The second-order valence-electron chi connectivity index (χ2n) is 4.23. The molecule has 0 amide bonds. The SMILES string of the molecule is CCOC(=O)/C(=C/Nc1ccc(F)cc1C)C(O)OCC. The monoisotopic (exact) mass is 297 g/mol. The molecule has 0 fully saturated rings. The largest absolute Gasteiger partial charge is 0.462 e. The Kier molecular flexibility index (Phi) is 6.84. The standard InChI is InChI=1S/C15H20FNO4/c1-4-20-14(18)12(15(19)21-5-2)9-17-13-7-6-11(16)8-10(13)3/h6-9,14,17-18H,4-5H2,1-3H3/b12-9+. The van der Waals surface area contributed by atoms with Gasteiger partial charge in [0.05, 0.1) is 6.61 Å². The third kappa shape index (κ3) is 5.17. The Morgan fingerprint density at radius 1 is 1.43 bits per heavy atom. The fourth-order valence-corrected chi connectivity index (χ4v) is 1.64. The molecule has 2 N–H and O–H groups in total. The number of benzene rings is 1. The van der Waals surface area contributed by atoms with Gasteiger partial charge in [0.2, 0.25) is 0 Å². The molecule has 116 valence electrons. The lowest BCUT2D eigenvalue weighted by atomic mass is 10.2. The summed E-state index contributed by atoms with van der Waals surface area (Å²) >= 11 is 0. The third-order valence-electron chi connectivity index (χ3n) is 2.67. The molecule has 0 aliphatic rings. The smallest absolute Gasteiger partial charge is 0.340 e. The van der Waals surface area contributed by atoms with Crippen molar-refractivity contribution in [2.75, 3.05) is 18.5 Å². The first-order chi connectivity index (χ1) is 9.99. The van der Waals surface area contributed by atoms with Crippen LogP contribution in [0, 0.1) is 12.7 Å². The lowest BCUT2D eigenvalue weighted by Crippen LogP contribution is -2.24. The molecule has 21 heavy (non-hydrogen) atoms. The van der Waals surface area contributed by atoms with Crippen LogP contribution in [0.25, 0.3) is 0 Å². The molecule has 1 aromatic rings. The van der Waals surface area contributed by atoms with Crippen molar-refractivity contribution < 1.29 is 23.8 Å². The van der Waals surface area contributed by atoms with Gasteiger partial charge in [-0.1, -0.05) is 0 Å². The van der Waals surface area contributed by atoms with Crippen molar-refractivity contribution in [3.63, 3.8) is 0 Å². The number of hydrogen-bond acceptors (Lipinski definition) is 5. The second kappa shape index (κ2) is 8.39. The molecule has 0 radical (unpaired) electrons. The van der Waals surface area contributed by atoms with E-state index in [1.807, 2.05) is 0 Å². The molecule has 6 heteroatoms. The van der Waals surface area contributed by atoms with E-state index >= 15 is 0 Å². The predicted octanol–water partition coefficient (Wildman–Crippen LogP) is 2.35. The number of aliphatic hydroxyl groups excluding tert-OH is 1. The molecular formula is C15H20FNO4. The number of nitrogens with one attached hydrogen (secondary N) is 1. The van der Waals surface area contributed by atoms with E-state index in [1.54, 1.807) is 20.8 Å². The Hall–Kier alpha value is -1.92. The summed E-state index contributed by atoms with van der Waals surface area (Å²) in [5.74, 6) is -1.02. The molecule has 0 aliphatic heterocycles. The van der Waals surface area contributed by atoms with Gasteiger partial charge in [-0.25, -0.2) is 9.18 Å². The Morgan fingerprint density at radius 3 is 2.71 bits per heavy atom. The maximum absolute atomic E-state index is 13.0. The zero-order chi connectivity index (χ0) is 15.8. The Balaban J connectivity index is 2.93. The van der Waals surface area contributed by atoms with E-state index in [0.29, 0.717) is 11.3 Å². The number of carbonyl (C=O) groups excluding carboxylic acids is 1. The maximum Gasteiger partial charge on any atom is 0.340 e. The van der Waals surface area contributed by atoms with Crippen LogP contribution in [0.1, 0.15) is 19.4 Å². The lowest BCUT2D eigenvalue weighted by molar-refractivity contribution is -0.144. The quantitative estimate of drug-likeness (QED) is 0.459. The summed E-state index contributed by atoms with van der Waals surface area (Å²) < 4.78 is 22.9. The molecule has 0 aromatic heterocycles. The minimum absolute atomic E-state index is 0.0533. The highest BCUT2D eigenvalue weighted by Gasteiger charge is 2.20. The van der Waals surface area contributed by atoms with Crippen LogP contribution in [0.3, 0.4) is 0 Å². The van der Waals surface area contributed by atoms with Gasteiger partial charge in [-0.15, -0.1) is 0 Å². The first-order valence-corrected chi connectivity index (χ1v) is 6.69. The first-order valence-electron chi connectivity index (χ1n) is 6.69. The van der Waals surface area contributed by atoms with Crippen LogP contribution in [0.5, 0.6) is 0 Å². The van der Waals surface area contributed by atoms with Gasteiger partial charge in [0.15, 0.2) is 6.29 Å². The number of ether oxygens (including phenoxy) is 2. The highest BCUT2D eigenvalue weighted by Crippen LogP contribution is 2.17. The van der Waals surface area contributed by atoms with Gasteiger partial charge in [-0.2, -0.15) is 0 Å². The number of halogens is 1. The molecule has 1 aromatic carbocycles. The Bertz CT molecular complexity index is 516. The predicted molar refractivity (Wildman–Crippen MR) is 77.1 cm³/mol. The minimum Gasteiger partial charge on any atom is -0.462 e. The van der Waals surface area contributed by atoms with Crippen molar-refractivity contribution >= 4 is 11.7 Å². The molecule has 0 spiro atoms. The molecule has 5 nitrogen and oxygen atoms in total. The average Bonchev–Trinajstić information content (AvgIpc) is 2.41. The fourth-order valence-electron chi connectivity index (χ4n) is 1.64. The van der Waals surface area contributed by atoms with E-state index in [0.717, 1.165) is 0 Å². The maximum atomic E-state index is 13.0. The van der Waals surface area contributed by atoms with Gasteiger partial charge in [0.25, 0.3) is 0 Å². The molecule has 0 saturated carbocycles. The van der Waals surface area contributed by atoms with E-state index < -0.39 is 12.3 Å². The summed E-state index contributed by atoms with van der Waals surface area (Å²) in [7, 11) is 0. The molecule has 1 unspecified atom stereocenters. The first kappa shape index (κ1) is 17.1. The van der Waals surface area contributed by atoms with Crippen molar-refractivity contribution in [3.8, 4) is 0 Å². The zero-order valence-corrected chi connectivity index (χ0v) is 12.4. The van der Waals surface area contributed by atoms with Gasteiger partial charge in [-0.05, 0) is 44.5 Å². The normalized spacial score (nSPS) is 12.9. The van der Waals surface area contributed by atoms with Gasteiger partial charge in [-0.3, -0.25) is 0 Å². The van der Waals surface area contributed by atoms with Crippen molar-refractivity contribution in [1.82, 2.24) is 0 Å². The molecule has 0 saturated heterocycles. The highest BCUT2D eigenvalue weighted by atomic mass is 19.1. The van der Waals surface area contributed by atoms with E-state index in [1.165, 1.54) is 24.4 Å². The molecule has 0 aliphatic carbocycles. The van der Waals surface area contributed by atoms with Crippen molar-refractivity contribution in [2.45, 2.75) is 27.1 Å². The number of aliphatic hydroxyl groups is 1. The fraction of sp³-hybridized carbons (Fsp3) is 0.400. The van der Waals surface area contributed by atoms with Crippen LogP contribution in [0.4, 0.5) is 10.1 Å². The minimum atomic E-state index is -1.39. The van der Waals surface area contributed by atoms with E-state index in [4.69, 9.17) is 9.47 Å². The molecule has 0 bridgehead atoms. The molecule has 1 atom stereocenters. The summed E-state index contributed by atoms with van der Waals surface area (Å²) in [6, 6.07) is 4.20.